The summed E-state index contributed by atoms with van der Waals surface area (Å²) >= 11 is 0. The maximum atomic E-state index is 13.8. The van der Waals surface area contributed by atoms with Crippen LogP contribution in [0.4, 0.5) is 10.1 Å². The molecule has 0 bridgehead atoms. The third-order valence-corrected chi connectivity index (χ3v) is 4.74. The summed E-state index contributed by atoms with van der Waals surface area (Å²) in [6, 6.07) is 2.61. The van der Waals surface area contributed by atoms with Crippen molar-refractivity contribution in [2.45, 2.75) is 9.79 Å². The van der Waals surface area contributed by atoms with Gasteiger partial charge < -0.3 is 0 Å². The Morgan fingerprint density at radius 3 is 2.38 bits per heavy atom. The molecule has 1 aromatic heterocycles. The lowest BCUT2D eigenvalue weighted by Gasteiger charge is -2.08. The molecule has 114 valence electrons. The molecule has 0 saturated heterocycles. The summed E-state index contributed by atoms with van der Waals surface area (Å²) in [6.07, 6.45) is 2.33. The van der Waals surface area contributed by atoms with E-state index >= 15 is 0 Å². The first-order chi connectivity index (χ1) is 9.59. The van der Waals surface area contributed by atoms with Gasteiger partial charge in [-0.05, 0) is 18.2 Å². The Labute approximate surface area is 120 Å². The highest BCUT2D eigenvalue weighted by Gasteiger charge is 2.19. The predicted molar refractivity (Wildman–Crippen MR) is 71.8 cm³/mol. The highest BCUT2D eigenvalue weighted by atomic mass is 32.2. The van der Waals surface area contributed by atoms with Crippen molar-refractivity contribution in [3.05, 3.63) is 36.4 Å². The topological polar surface area (TPSA) is 124 Å². The Bertz CT molecular complexity index is 890. The van der Waals surface area contributed by atoms with Crippen molar-refractivity contribution in [1.82, 2.24) is 9.78 Å². The fourth-order valence-electron chi connectivity index (χ4n) is 1.50. The minimum absolute atomic E-state index is 0.153. The summed E-state index contributed by atoms with van der Waals surface area (Å²) in [4.78, 5) is -0.607. The fraction of sp³-hybridized carbons (Fsp3) is 0.100. The first-order valence-electron chi connectivity index (χ1n) is 5.43. The van der Waals surface area contributed by atoms with Gasteiger partial charge in [-0.2, -0.15) is 5.10 Å². The smallest absolute Gasteiger partial charge is 0.265 e. The average molecular weight is 334 g/mol. The molecule has 0 spiro atoms. The molecule has 0 atom stereocenters. The number of nitrogens with one attached hydrogen (secondary N) is 1. The summed E-state index contributed by atoms with van der Waals surface area (Å²) in [6.45, 7) is 0. The van der Waals surface area contributed by atoms with Crippen LogP contribution in [0.15, 0.2) is 40.4 Å². The van der Waals surface area contributed by atoms with E-state index in [1.807, 2.05) is 4.72 Å². The van der Waals surface area contributed by atoms with E-state index < -0.39 is 36.4 Å². The number of hydrogen-bond acceptors (Lipinski definition) is 5. The lowest BCUT2D eigenvalue weighted by Crippen LogP contribution is -2.15. The first kappa shape index (κ1) is 15.4. The Morgan fingerprint density at radius 1 is 1.24 bits per heavy atom. The Morgan fingerprint density at radius 2 is 1.90 bits per heavy atom. The molecule has 3 N–H and O–H groups in total. The average Bonchev–Trinajstić information content (AvgIpc) is 2.78. The van der Waals surface area contributed by atoms with E-state index in [9.17, 15) is 21.2 Å². The summed E-state index contributed by atoms with van der Waals surface area (Å²) in [5, 5.41) is 8.55. The number of hydrogen-bond donors (Lipinski definition) is 2. The molecule has 8 nitrogen and oxygen atoms in total. The van der Waals surface area contributed by atoms with E-state index in [2.05, 4.69) is 5.10 Å². The lowest BCUT2D eigenvalue weighted by atomic mass is 10.3. The number of benzene rings is 1. The molecule has 0 amide bonds. The largest absolute Gasteiger partial charge is 0.277 e. The van der Waals surface area contributed by atoms with Crippen LogP contribution in [0, 0.1) is 5.82 Å². The summed E-state index contributed by atoms with van der Waals surface area (Å²) < 4.78 is 63.1. The van der Waals surface area contributed by atoms with Gasteiger partial charge in [0.1, 0.15) is 10.7 Å². The third kappa shape index (κ3) is 3.37. The maximum Gasteiger partial charge on any atom is 0.265 e. The molecule has 1 heterocycles. The number of nitrogens with zero attached hydrogens (tertiary/aromatic N) is 2. The highest BCUT2D eigenvalue weighted by Crippen LogP contribution is 2.21. The number of aromatic nitrogens is 2. The summed E-state index contributed by atoms with van der Waals surface area (Å²) in [5.74, 6) is -1.06. The van der Waals surface area contributed by atoms with E-state index in [1.165, 1.54) is 17.9 Å². The van der Waals surface area contributed by atoms with Crippen molar-refractivity contribution < 1.29 is 21.2 Å². The van der Waals surface area contributed by atoms with Crippen LogP contribution in [0.25, 0.3) is 0 Å². The molecular formula is C10H11FN4O4S2. The Hall–Kier alpha value is -1.98. The number of aryl methyl sites for hydroxylation is 1. The van der Waals surface area contributed by atoms with Gasteiger partial charge in [0.25, 0.3) is 10.0 Å². The second kappa shape index (κ2) is 5.09. The molecule has 2 aromatic rings. The van der Waals surface area contributed by atoms with Gasteiger partial charge in [-0.1, -0.05) is 0 Å². The minimum atomic E-state index is -4.07. The molecule has 11 heteroatoms. The van der Waals surface area contributed by atoms with E-state index in [4.69, 9.17) is 5.14 Å². The van der Waals surface area contributed by atoms with Crippen LogP contribution in [-0.2, 0) is 27.1 Å². The SMILES string of the molecule is Cn1cc(S(=O)(=O)Nc2ccc(S(N)(=O)=O)cc2F)cn1. The molecular weight excluding hydrogens is 323 g/mol. The third-order valence-electron chi connectivity index (χ3n) is 2.50. The Balaban J connectivity index is 2.36. The molecule has 2 rings (SSSR count). The van der Waals surface area contributed by atoms with Gasteiger partial charge in [-0.15, -0.1) is 0 Å². The molecule has 1 aromatic carbocycles. The summed E-state index contributed by atoms with van der Waals surface area (Å²) in [7, 11) is -6.55. The van der Waals surface area contributed by atoms with Crippen molar-refractivity contribution in [3.63, 3.8) is 0 Å². The van der Waals surface area contributed by atoms with Gasteiger partial charge in [0, 0.05) is 13.2 Å². The Kier molecular flexibility index (Phi) is 3.74. The second-order valence-electron chi connectivity index (χ2n) is 4.14. The van der Waals surface area contributed by atoms with Crippen LogP contribution >= 0.6 is 0 Å². The first-order valence-corrected chi connectivity index (χ1v) is 8.46. The van der Waals surface area contributed by atoms with E-state index in [1.54, 1.807) is 0 Å². The van der Waals surface area contributed by atoms with Crippen molar-refractivity contribution in [1.29, 1.82) is 0 Å². The van der Waals surface area contributed by atoms with Crippen molar-refractivity contribution in [2.75, 3.05) is 4.72 Å². The number of nitrogens with two attached hydrogens (primary N) is 1. The standard InChI is InChI=1S/C10H11FN4O4S2/c1-15-6-8(5-13-15)21(18,19)14-10-3-2-7(4-9(10)11)20(12,16)17/h2-6,14H,1H3,(H2,12,16,17). The fourth-order valence-corrected chi connectivity index (χ4v) is 3.07. The molecule has 0 saturated carbocycles. The van der Waals surface area contributed by atoms with Crippen LogP contribution in [0.1, 0.15) is 0 Å². The number of sulfonamides is 2. The zero-order chi connectivity index (χ0) is 15.8. The van der Waals surface area contributed by atoms with Gasteiger partial charge in [0.2, 0.25) is 10.0 Å². The molecule has 0 radical (unpaired) electrons. The quantitative estimate of drug-likeness (QED) is 0.815. The van der Waals surface area contributed by atoms with E-state index in [0.717, 1.165) is 18.3 Å². The molecule has 21 heavy (non-hydrogen) atoms. The number of rotatable bonds is 4. The molecule has 0 aliphatic carbocycles. The number of halogens is 1. The van der Waals surface area contributed by atoms with Crippen LogP contribution in [-0.4, -0.2) is 26.6 Å². The zero-order valence-corrected chi connectivity index (χ0v) is 12.3. The van der Waals surface area contributed by atoms with Gasteiger partial charge >= 0.3 is 0 Å². The van der Waals surface area contributed by atoms with E-state index in [-0.39, 0.29) is 4.90 Å². The maximum absolute atomic E-state index is 13.8. The van der Waals surface area contributed by atoms with Gasteiger partial charge in [0.15, 0.2) is 0 Å². The number of primary sulfonamides is 1. The van der Waals surface area contributed by atoms with Crippen molar-refractivity contribution in [3.8, 4) is 0 Å². The van der Waals surface area contributed by atoms with Crippen LogP contribution in [0.5, 0.6) is 0 Å². The minimum Gasteiger partial charge on any atom is -0.277 e. The van der Waals surface area contributed by atoms with Crippen LogP contribution in [0.3, 0.4) is 0 Å². The highest BCUT2D eigenvalue weighted by molar-refractivity contribution is 7.92. The lowest BCUT2D eigenvalue weighted by molar-refractivity contribution is 0.592. The van der Waals surface area contributed by atoms with Gasteiger partial charge in [0.05, 0.1) is 16.8 Å². The summed E-state index contributed by atoms with van der Waals surface area (Å²) in [5.41, 5.74) is -0.397. The molecule has 0 unspecified atom stereocenters. The van der Waals surface area contributed by atoms with Gasteiger partial charge in [-0.25, -0.2) is 26.4 Å². The molecule has 0 aliphatic heterocycles. The molecule has 0 fully saturated rings. The van der Waals surface area contributed by atoms with Crippen molar-refractivity contribution >= 4 is 25.7 Å². The van der Waals surface area contributed by atoms with Crippen LogP contribution < -0.4 is 9.86 Å². The van der Waals surface area contributed by atoms with Gasteiger partial charge in [-0.3, -0.25) is 9.40 Å². The monoisotopic (exact) mass is 334 g/mol. The van der Waals surface area contributed by atoms with Crippen LogP contribution in [0.2, 0.25) is 0 Å². The van der Waals surface area contributed by atoms with Crippen molar-refractivity contribution in [2.24, 2.45) is 12.2 Å². The second-order valence-corrected chi connectivity index (χ2v) is 7.39. The van der Waals surface area contributed by atoms with E-state index in [0.29, 0.717) is 6.07 Å². The zero-order valence-electron chi connectivity index (χ0n) is 10.7. The molecule has 0 aliphatic rings. The normalized spacial score (nSPS) is 12.3. The predicted octanol–water partition coefficient (Wildman–Crippen LogP) is 0.00740. The number of anilines is 1.